The second kappa shape index (κ2) is 5.36. The number of rotatable bonds is 5. The topological polar surface area (TPSA) is 63.0 Å². The lowest BCUT2D eigenvalue weighted by Gasteiger charge is -2.26. The van der Waals surface area contributed by atoms with Crippen molar-refractivity contribution in [3.05, 3.63) is 11.6 Å². The highest BCUT2D eigenvalue weighted by Gasteiger charge is 2.39. The van der Waals surface area contributed by atoms with Crippen LogP contribution in [0.3, 0.4) is 0 Å². The quantitative estimate of drug-likeness (QED) is 0.823. The van der Waals surface area contributed by atoms with Gasteiger partial charge in [0.1, 0.15) is 5.82 Å². The van der Waals surface area contributed by atoms with Crippen LogP contribution in [0.25, 0.3) is 0 Å². The van der Waals surface area contributed by atoms with Gasteiger partial charge in [0.15, 0.2) is 5.82 Å². The molecule has 0 saturated heterocycles. The predicted octanol–water partition coefficient (Wildman–Crippen LogP) is 1.08. The van der Waals surface area contributed by atoms with E-state index in [1.54, 1.807) is 0 Å². The van der Waals surface area contributed by atoms with E-state index in [2.05, 4.69) is 33.9 Å². The Kier molecular flexibility index (Phi) is 4.02. The molecule has 2 rings (SSSR count). The van der Waals surface area contributed by atoms with Gasteiger partial charge in [0.2, 0.25) is 0 Å². The molecule has 2 unspecified atom stereocenters. The van der Waals surface area contributed by atoms with Gasteiger partial charge in [0, 0.05) is 18.4 Å². The van der Waals surface area contributed by atoms with Gasteiger partial charge < -0.3 is 10.4 Å². The van der Waals surface area contributed by atoms with Crippen molar-refractivity contribution < 1.29 is 5.11 Å². The molecule has 0 bridgehead atoms. The number of hydrogen-bond donors (Lipinski definition) is 2. The first-order valence-electron chi connectivity index (χ1n) is 6.92. The number of nitrogens with zero attached hydrogens (tertiary/aromatic N) is 3. The van der Waals surface area contributed by atoms with Crippen LogP contribution in [-0.2, 0) is 12.8 Å². The molecule has 1 fully saturated rings. The van der Waals surface area contributed by atoms with Gasteiger partial charge in [-0.05, 0) is 26.3 Å². The number of aromatic nitrogens is 3. The predicted molar refractivity (Wildman–Crippen MR) is 70.5 cm³/mol. The van der Waals surface area contributed by atoms with E-state index in [9.17, 15) is 5.11 Å². The fourth-order valence-electron chi connectivity index (χ4n) is 2.84. The SMILES string of the molecule is CCc1nc(CC)n(C2CCC(CO)(NC)C2)n1. The van der Waals surface area contributed by atoms with Crippen molar-refractivity contribution in [3.63, 3.8) is 0 Å². The van der Waals surface area contributed by atoms with Gasteiger partial charge in [-0.25, -0.2) is 9.67 Å². The fourth-order valence-corrected chi connectivity index (χ4v) is 2.84. The van der Waals surface area contributed by atoms with Crippen molar-refractivity contribution in [2.24, 2.45) is 0 Å². The summed E-state index contributed by atoms with van der Waals surface area (Å²) in [4.78, 5) is 4.56. The van der Waals surface area contributed by atoms with E-state index in [0.29, 0.717) is 6.04 Å². The van der Waals surface area contributed by atoms with Crippen LogP contribution in [0.2, 0.25) is 0 Å². The highest BCUT2D eigenvalue weighted by Crippen LogP contribution is 2.37. The van der Waals surface area contributed by atoms with Crippen LogP contribution in [-0.4, -0.2) is 39.1 Å². The van der Waals surface area contributed by atoms with Crippen molar-refractivity contribution in [3.8, 4) is 0 Å². The number of likely N-dealkylation sites (N-methyl/N-ethyl adjacent to an activating group) is 1. The molecule has 5 nitrogen and oxygen atoms in total. The molecule has 2 N–H and O–H groups in total. The molecule has 1 heterocycles. The van der Waals surface area contributed by atoms with Crippen LogP contribution in [0.15, 0.2) is 0 Å². The minimum absolute atomic E-state index is 0.131. The molecule has 1 saturated carbocycles. The fraction of sp³-hybridized carbons (Fsp3) is 0.846. The summed E-state index contributed by atoms with van der Waals surface area (Å²) in [7, 11) is 1.93. The largest absolute Gasteiger partial charge is 0.394 e. The molecule has 0 aromatic carbocycles. The first-order chi connectivity index (χ1) is 8.68. The van der Waals surface area contributed by atoms with E-state index in [-0.39, 0.29) is 12.1 Å². The lowest BCUT2D eigenvalue weighted by molar-refractivity contribution is 0.168. The molecule has 1 aromatic heterocycles. The molecule has 18 heavy (non-hydrogen) atoms. The van der Waals surface area contributed by atoms with Crippen molar-refractivity contribution in [2.45, 2.75) is 57.5 Å². The summed E-state index contributed by atoms with van der Waals surface area (Å²) in [5.41, 5.74) is -0.131. The first-order valence-corrected chi connectivity index (χ1v) is 6.92. The van der Waals surface area contributed by atoms with E-state index in [1.165, 1.54) is 0 Å². The van der Waals surface area contributed by atoms with Gasteiger partial charge in [0.05, 0.1) is 12.6 Å². The molecule has 1 aliphatic rings. The Hall–Kier alpha value is -0.940. The Morgan fingerprint density at radius 3 is 2.72 bits per heavy atom. The van der Waals surface area contributed by atoms with Gasteiger partial charge in [-0.1, -0.05) is 13.8 Å². The zero-order valence-corrected chi connectivity index (χ0v) is 11.6. The van der Waals surface area contributed by atoms with Gasteiger partial charge in [-0.15, -0.1) is 0 Å². The minimum atomic E-state index is -0.131. The molecule has 5 heteroatoms. The first kappa shape index (κ1) is 13.5. The second-order valence-corrected chi connectivity index (χ2v) is 5.18. The van der Waals surface area contributed by atoms with Gasteiger partial charge in [-0.2, -0.15) is 5.10 Å². The summed E-state index contributed by atoms with van der Waals surface area (Å²) >= 11 is 0. The molecule has 0 spiro atoms. The molecule has 0 radical (unpaired) electrons. The Morgan fingerprint density at radius 2 is 2.22 bits per heavy atom. The van der Waals surface area contributed by atoms with Gasteiger partial charge in [0.25, 0.3) is 0 Å². The number of aliphatic hydroxyl groups excluding tert-OH is 1. The summed E-state index contributed by atoms with van der Waals surface area (Å²) in [5.74, 6) is 2.00. The third-order valence-electron chi connectivity index (χ3n) is 4.14. The Morgan fingerprint density at radius 1 is 1.44 bits per heavy atom. The second-order valence-electron chi connectivity index (χ2n) is 5.18. The van der Waals surface area contributed by atoms with Crippen LogP contribution in [0.5, 0.6) is 0 Å². The summed E-state index contributed by atoms with van der Waals surface area (Å²) in [6.45, 7) is 4.39. The number of aliphatic hydroxyl groups is 1. The average Bonchev–Trinajstić information content (AvgIpc) is 3.02. The summed E-state index contributed by atoms with van der Waals surface area (Å²) in [5, 5.41) is 17.4. The Balaban J connectivity index is 2.20. The van der Waals surface area contributed by atoms with Crippen LogP contribution < -0.4 is 5.32 Å². The van der Waals surface area contributed by atoms with Crippen molar-refractivity contribution in [1.29, 1.82) is 0 Å². The molecular weight excluding hydrogens is 228 g/mol. The maximum atomic E-state index is 9.55. The van der Waals surface area contributed by atoms with E-state index in [1.807, 2.05) is 7.05 Å². The summed E-state index contributed by atoms with van der Waals surface area (Å²) < 4.78 is 2.09. The maximum Gasteiger partial charge on any atom is 0.150 e. The summed E-state index contributed by atoms with van der Waals surface area (Å²) in [6.07, 6.45) is 4.77. The number of hydrogen-bond acceptors (Lipinski definition) is 4. The van der Waals surface area contributed by atoms with Crippen molar-refractivity contribution >= 4 is 0 Å². The number of nitrogens with one attached hydrogen (secondary N) is 1. The molecule has 2 atom stereocenters. The highest BCUT2D eigenvalue weighted by atomic mass is 16.3. The Bertz CT molecular complexity index is 398. The Labute approximate surface area is 109 Å². The van der Waals surface area contributed by atoms with Crippen LogP contribution in [0.4, 0.5) is 0 Å². The highest BCUT2D eigenvalue weighted by molar-refractivity contribution is 5.01. The van der Waals surface area contributed by atoms with E-state index >= 15 is 0 Å². The summed E-state index contributed by atoms with van der Waals surface area (Å²) in [6, 6.07) is 0.368. The molecule has 1 aromatic rings. The number of aryl methyl sites for hydroxylation is 2. The van der Waals surface area contributed by atoms with E-state index in [4.69, 9.17) is 0 Å². The average molecular weight is 252 g/mol. The lowest BCUT2D eigenvalue weighted by atomic mass is 9.99. The van der Waals surface area contributed by atoms with Crippen molar-refractivity contribution in [2.75, 3.05) is 13.7 Å². The third kappa shape index (κ3) is 2.29. The molecular formula is C13H24N4O. The standard InChI is InChI=1S/C13H24N4O/c1-4-11-15-12(5-2)17(16-11)10-6-7-13(8-10,9-18)14-3/h10,14,18H,4-9H2,1-3H3. The monoisotopic (exact) mass is 252 g/mol. The molecule has 0 amide bonds. The van der Waals surface area contributed by atoms with E-state index in [0.717, 1.165) is 43.8 Å². The molecule has 1 aliphatic carbocycles. The minimum Gasteiger partial charge on any atom is -0.394 e. The zero-order chi connectivity index (χ0) is 13.2. The molecule has 102 valence electrons. The van der Waals surface area contributed by atoms with E-state index < -0.39 is 0 Å². The van der Waals surface area contributed by atoms with Crippen molar-refractivity contribution in [1.82, 2.24) is 20.1 Å². The zero-order valence-electron chi connectivity index (χ0n) is 11.6. The molecule has 0 aliphatic heterocycles. The normalized spacial score (nSPS) is 27.9. The van der Waals surface area contributed by atoms with Crippen LogP contribution >= 0.6 is 0 Å². The smallest absolute Gasteiger partial charge is 0.150 e. The van der Waals surface area contributed by atoms with Gasteiger partial charge >= 0.3 is 0 Å². The van der Waals surface area contributed by atoms with Crippen LogP contribution in [0, 0.1) is 0 Å². The third-order valence-corrected chi connectivity index (χ3v) is 4.14. The van der Waals surface area contributed by atoms with Gasteiger partial charge in [-0.3, -0.25) is 0 Å². The maximum absolute atomic E-state index is 9.55. The van der Waals surface area contributed by atoms with Crippen LogP contribution in [0.1, 0.15) is 50.8 Å². The lowest BCUT2D eigenvalue weighted by Crippen LogP contribution is -2.44.